The van der Waals surface area contributed by atoms with Gasteiger partial charge in [0.15, 0.2) is 0 Å². The van der Waals surface area contributed by atoms with E-state index in [0.29, 0.717) is 49.3 Å². The van der Waals surface area contributed by atoms with Crippen molar-refractivity contribution in [3.63, 3.8) is 0 Å². The third-order valence-corrected chi connectivity index (χ3v) is 8.04. The summed E-state index contributed by atoms with van der Waals surface area (Å²) in [5.41, 5.74) is 3.16. The molecule has 10 heteroatoms. The van der Waals surface area contributed by atoms with E-state index < -0.39 is 20.0 Å². The normalized spacial score (nSPS) is 16.5. The van der Waals surface area contributed by atoms with Gasteiger partial charge >= 0.3 is 0 Å². The van der Waals surface area contributed by atoms with Crippen LogP contribution in [0.1, 0.15) is 30.9 Å². The molecule has 1 N–H and O–H groups in total. The fourth-order valence-corrected chi connectivity index (χ4v) is 6.50. The summed E-state index contributed by atoms with van der Waals surface area (Å²) in [6, 6.07) is 9.91. The number of amides is 1. The number of anilines is 3. The van der Waals surface area contributed by atoms with Gasteiger partial charge in [-0.15, -0.1) is 0 Å². The standard InChI is InChI=1S/C21H25N3O5S2/c1-15(25)23-12-4-6-16-14-17(10-11-20(16)23)31(28,29)24-13-5-7-18-19(22-30(2,26)27)8-3-9-21(18)24/h3,8-11,14,22H,4-7,12-13H2,1-2H3. The topological polar surface area (TPSA) is 104 Å². The molecule has 0 saturated heterocycles. The summed E-state index contributed by atoms with van der Waals surface area (Å²) in [5, 5.41) is 0. The van der Waals surface area contributed by atoms with Crippen molar-refractivity contribution in [3.05, 3.63) is 47.5 Å². The number of nitrogens with zero attached hydrogens (tertiary/aromatic N) is 2. The summed E-state index contributed by atoms with van der Waals surface area (Å²) in [6.45, 7) is 2.45. The Bertz CT molecular complexity index is 1260. The van der Waals surface area contributed by atoms with Crippen LogP contribution in [0.2, 0.25) is 0 Å². The number of hydrogen-bond donors (Lipinski definition) is 1. The second-order valence-corrected chi connectivity index (χ2v) is 11.5. The lowest BCUT2D eigenvalue weighted by Gasteiger charge is -2.33. The maximum absolute atomic E-state index is 13.6. The quantitative estimate of drug-likeness (QED) is 0.750. The molecule has 1 amide bonds. The van der Waals surface area contributed by atoms with Gasteiger partial charge in [0.25, 0.3) is 10.0 Å². The predicted octanol–water partition coefficient (Wildman–Crippen LogP) is 2.50. The van der Waals surface area contributed by atoms with Crippen LogP contribution in [0.15, 0.2) is 41.3 Å². The number of carbonyl (C=O) groups is 1. The minimum absolute atomic E-state index is 0.0626. The Morgan fingerprint density at radius 3 is 2.42 bits per heavy atom. The van der Waals surface area contributed by atoms with Crippen LogP contribution in [-0.2, 0) is 37.7 Å². The van der Waals surface area contributed by atoms with Gasteiger partial charge in [-0.3, -0.25) is 13.8 Å². The van der Waals surface area contributed by atoms with E-state index in [4.69, 9.17) is 0 Å². The van der Waals surface area contributed by atoms with Crippen molar-refractivity contribution in [2.24, 2.45) is 0 Å². The Balaban J connectivity index is 1.75. The molecule has 0 atom stereocenters. The number of hydrogen-bond acceptors (Lipinski definition) is 5. The summed E-state index contributed by atoms with van der Waals surface area (Å²) in [5.74, 6) is -0.0626. The number of nitrogens with one attached hydrogen (secondary N) is 1. The average molecular weight is 464 g/mol. The van der Waals surface area contributed by atoms with Gasteiger partial charge in [-0.05, 0) is 61.6 Å². The van der Waals surface area contributed by atoms with Gasteiger partial charge in [0.05, 0.1) is 22.5 Å². The molecule has 4 rings (SSSR count). The number of benzene rings is 2. The average Bonchev–Trinajstić information content (AvgIpc) is 2.71. The van der Waals surface area contributed by atoms with Crippen LogP contribution in [-0.4, -0.2) is 42.1 Å². The smallest absolute Gasteiger partial charge is 0.264 e. The molecule has 0 saturated carbocycles. The first-order valence-electron chi connectivity index (χ1n) is 10.1. The SMILES string of the molecule is CC(=O)N1CCCc2cc(S(=O)(=O)N3CCCc4c(NS(C)(=O)=O)cccc43)ccc21. The number of aryl methyl sites for hydroxylation is 1. The van der Waals surface area contributed by atoms with Crippen molar-refractivity contribution in [1.82, 2.24) is 0 Å². The molecule has 0 bridgehead atoms. The molecule has 0 aliphatic carbocycles. The summed E-state index contributed by atoms with van der Waals surface area (Å²) < 4.78 is 54.4. The summed E-state index contributed by atoms with van der Waals surface area (Å²) >= 11 is 0. The van der Waals surface area contributed by atoms with Gasteiger partial charge in [0.1, 0.15) is 0 Å². The molecule has 0 aromatic heterocycles. The minimum atomic E-state index is -3.85. The van der Waals surface area contributed by atoms with Gasteiger partial charge in [-0.2, -0.15) is 0 Å². The van der Waals surface area contributed by atoms with Gasteiger partial charge in [0.2, 0.25) is 15.9 Å². The second kappa shape index (κ2) is 7.83. The van der Waals surface area contributed by atoms with Crippen LogP contribution in [0, 0.1) is 0 Å². The molecule has 2 aliphatic heterocycles. The maximum Gasteiger partial charge on any atom is 0.264 e. The van der Waals surface area contributed by atoms with E-state index in [0.717, 1.165) is 23.9 Å². The number of fused-ring (bicyclic) bond motifs is 2. The Morgan fingerprint density at radius 2 is 1.71 bits per heavy atom. The van der Waals surface area contributed by atoms with Gasteiger partial charge in [-0.25, -0.2) is 16.8 Å². The first kappa shape index (κ1) is 21.6. The third-order valence-electron chi connectivity index (χ3n) is 5.64. The lowest BCUT2D eigenvalue weighted by Crippen LogP contribution is -2.36. The van der Waals surface area contributed by atoms with E-state index in [1.165, 1.54) is 11.2 Å². The molecule has 31 heavy (non-hydrogen) atoms. The zero-order valence-electron chi connectivity index (χ0n) is 17.5. The van der Waals surface area contributed by atoms with Crippen LogP contribution < -0.4 is 13.9 Å². The monoisotopic (exact) mass is 463 g/mol. The number of sulfonamides is 2. The van der Waals surface area contributed by atoms with Crippen molar-refractivity contribution in [1.29, 1.82) is 0 Å². The Kier molecular flexibility index (Phi) is 5.47. The van der Waals surface area contributed by atoms with Crippen LogP contribution >= 0.6 is 0 Å². The molecule has 2 heterocycles. The van der Waals surface area contributed by atoms with Crippen molar-refractivity contribution in [2.75, 3.05) is 33.3 Å². The highest BCUT2D eigenvalue weighted by Crippen LogP contribution is 2.37. The minimum Gasteiger partial charge on any atom is -0.312 e. The molecule has 0 spiro atoms. The third kappa shape index (κ3) is 4.14. The van der Waals surface area contributed by atoms with Crippen LogP contribution in [0.25, 0.3) is 0 Å². The second-order valence-electron chi connectivity index (χ2n) is 7.92. The molecule has 166 valence electrons. The zero-order chi connectivity index (χ0) is 22.4. The molecule has 0 radical (unpaired) electrons. The first-order valence-corrected chi connectivity index (χ1v) is 13.4. The first-order chi connectivity index (χ1) is 14.6. The van der Waals surface area contributed by atoms with E-state index in [1.807, 2.05) is 0 Å². The molecule has 2 aromatic rings. The van der Waals surface area contributed by atoms with Crippen molar-refractivity contribution < 1.29 is 21.6 Å². The molecule has 0 unspecified atom stereocenters. The Labute approximate surface area is 183 Å². The molecule has 8 nitrogen and oxygen atoms in total. The van der Waals surface area contributed by atoms with Crippen LogP contribution in [0.5, 0.6) is 0 Å². The van der Waals surface area contributed by atoms with Gasteiger partial charge in [0, 0.05) is 31.3 Å². The molecular formula is C21H25N3O5S2. The highest BCUT2D eigenvalue weighted by molar-refractivity contribution is 7.93. The van der Waals surface area contributed by atoms with E-state index in [2.05, 4.69) is 4.72 Å². The molecule has 2 aliphatic rings. The van der Waals surface area contributed by atoms with Crippen LogP contribution in [0.3, 0.4) is 0 Å². The summed E-state index contributed by atoms with van der Waals surface area (Å²) in [6.07, 6.45) is 3.72. The van der Waals surface area contributed by atoms with Gasteiger partial charge < -0.3 is 4.90 Å². The van der Waals surface area contributed by atoms with E-state index in [-0.39, 0.29) is 10.8 Å². The van der Waals surface area contributed by atoms with E-state index in [1.54, 1.807) is 41.3 Å². The zero-order valence-corrected chi connectivity index (χ0v) is 19.1. The fraction of sp³-hybridized carbons (Fsp3) is 0.381. The highest BCUT2D eigenvalue weighted by atomic mass is 32.2. The number of carbonyl (C=O) groups excluding carboxylic acids is 1. The Morgan fingerprint density at radius 1 is 0.968 bits per heavy atom. The molecule has 2 aromatic carbocycles. The predicted molar refractivity (Wildman–Crippen MR) is 121 cm³/mol. The maximum atomic E-state index is 13.6. The lowest BCUT2D eigenvalue weighted by molar-refractivity contribution is -0.116. The largest absolute Gasteiger partial charge is 0.312 e. The van der Waals surface area contributed by atoms with Gasteiger partial charge in [-0.1, -0.05) is 6.07 Å². The fourth-order valence-electron chi connectivity index (χ4n) is 4.32. The molecular weight excluding hydrogens is 438 g/mol. The lowest BCUT2D eigenvalue weighted by atomic mass is 10.0. The van der Waals surface area contributed by atoms with E-state index in [9.17, 15) is 21.6 Å². The Hall–Kier alpha value is -2.59. The van der Waals surface area contributed by atoms with E-state index >= 15 is 0 Å². The number of rotatable bonds is 4. The summed E-state index contributed by atoms with van der Waals surface area (Å²) in [4.78, 5) is 13.8. The summed E-state index contributed by atoms with van der Waals surface area (Å²) in [7, 11) is -7.34. The molecule has 0 fully saturated rings. The van der Waals surface area contributed by atoms with Crippen molar-refractivity contribution >= 4 is 43.0 Å². The highest BCUT2D eigenvalue weighted by Gasteiger charge is 2.32. The van der Waals surface area contributed by atoms with Crippen LogP contribution in [0.4, 0.5) is 17.1 Å². The van der Waals surface area contributed by atoms with Crippen molar-refractivity contribution in [3.8, 4) is 0 Å². The van der Waals surface area contributed by atoms with Crippen molar-refractivity contribution in [2.45, 2.75) is 37.5 Å².